The second-order valence-electron chi connectivity index (χ2n) is 7.36. The SMILES string of the molecule is N#CCCNS(=O)(=O)c1ccc(C(=O)N2CCCCC2c2nc3ccccc3s2)cc1. The van der Waals surface area contributed by atoms with Gasteiger partial charge in [0.1, 0.15) is 5.01 Å². The van der Waals surface area contributed by atoms with Gasteiger partial charge in [-0.3, -0.25) is 4.79 Å². The van der Waals surface area contributed by atoms with E-state index in [1.807, 2.05) is 35.2 Å². The number of amides is 1. The first-order valence-electron chi connectivity index (χ1n) is 10.1. The lowest BCUT2D eigenvalue weighted by Gasteiger charge is -2.34. The van der Waals surface area contributed by atoms with Gasteiger partial charge in [0.05, 0.1) is 27.2 Å². The van der Waals surface area contributed by atoms with Crippen LogP contribution >= 0.6 is 11.3 Å². The minimum atomic E-state index is -3.70. The Kier molecular flexibility index (Phi) is 6.32. The molecule has 160 valence electrons. The monoisotopic (exact) mass is 454 g/mol. The highest BCUT2D eigenvalue weighted by Gasteiger charge is 2.31. The zero-order chi connectivity index (χ0) is 21.8. The number of fused-ring (bicyclic) bond motifs is 1. The summed E-state index contributed by atoms with van der Waals surface area (Å²) in [6.45, 7) is 0.701. The van der Waals surface area contributed by atoms with Crippen LogP contribution in [0.3, 0.4) is 0 Å². The molecule has 2 aromatic carbocycles. The molecule has 1 aromatic heterocycles. The predicted octanol–water partition coefficient (Wildman–Crippen LogP) is 3.86. The zero-order valence-corrected chi connectivity index (χ0v) is 18.5. The fourth-order valence-corrected chi connectivity index (χ4v) is 5.88. The lowest BCUT2D eigenvalue weighted by atomic mass is 10.0. The van der Waals surface area contributed by atoms with E-state index in [-0.39, 0.29) is 29.8 Å². The van der Waals surface area contributed by atoms with Crippen LogP contribution in [-0.4, -0.2) is 37.3 Å². The van der Waals surface area contributed by atoms with Gasteiger partial charge in [-0.05, 0) is 55.7 Å². The first-order chi connectivity index (χ1) is 15.0. The van der Waals surface area contributed by atoms with Crippen molar-refractivity contribution in [2.75, 3.05) is 13.1 Å². The van der Waals surface area contributed by atoms with E-state index in [0.717, 1.165) is 34.5 Å². The fraction of sp³-hybridized carbons (Fsp3) is 0.318. The zero-order valence-electron chi connectivity index (χ0n) is 16.8. The van der Waals surface area contributed by atoms with E-state index in [1.165, 1.54) is 12.1 Å². The van der Waals surface area contributed by atoms with E-state index in [1.54, 1.807) is 23.5 Å². The third kappa shape index (κ3) is 4.61. The van der Waals surface area contributed by atoms with Crippen molar-refractivity contribution < 1.29 is 13.2 Å². The Balaban J connectivity index is 1.55. The van der Waals surface area contributed by atoms with Crippen LogP contribution in [0.1, 0.15) is 47.1 Å². The van der Waals surface area contributed by atoms with E-state index in [2.05, 4.69) is 4.72 Å². The van der Waals surface area contributed by atoms with Crippen LogP contribution in [0.2, 0.25) is 0 Å². The van der Waals surface area contributed by atoms with Gasteiger partial charge >= 0.3 is 0 Å². The van der Waals surface area contributed by atoms with Crippen LogP contribution in [-0.2, 0) is 10.0 Å². The molecule has 1 amide bonds. The molecule has 4 rings (SSSR count). The number of nitrogens with zero attached hydrogens (tertiary/aromatic N) is 3. The molecular formula is C22H22N4O3S2. The molecule has 1 saturated heterocycles. The van der Waals surface area contributed by atoms with Crippen LogP contribution in [0.15, 0.2) is 53.4 Å². The lowest BCUT2D eigenvalue weighted by molar-refractivity contribution is 0.0611. The summed E-state index contributed by atoms with van der Waals surface area (Å²) in [7, 11) is -3.70. The van der Waals surface area contributed by atoms with Crippen molar-refractivity contribution in [1.82, 2.24) is 14.6 Å². The van der Waals surface area contributed by atoms with Crippen LogP contribution in [0, 0.1) is 11.3 Å². The largest absolute Gasteiger partial charge is 0.329 e. The maximum absolute atomic E-state index is 13.3. The van der Waals surface area contributed by atoms with Crippen molar-refractivity contribution in [2.24, 2.45) is 0 Å². The van der Waals surface area contributed by atoms with Gasteiger partial charge in [-0.2, -0.15) is 5.26 Å². The summed E-state index contributed by atoms with van der Waals surface area (Å²) in [6.07, 6.45) is 2.93. The Labute approximate surface area is 185 Å². The molecule has 9 heteroatoms. The molecule has 0 bridgehead atoms. The molecule has 1 aliphatic rings. The Morgan fingerprint density at radius 1 is 1.19 bits per heavy atom. The Hall–Kier alpha value is -2.80. The number of nitrogens with one attached hydrogen (secondary N) is 1. The summed E-state index contributed by atoms with van der Waals surface area (Å²) in [6, 6.07) is 15.7. The maximum Gasteiger partial charge on any atom is 0.254 e. The number of aromatic nitrogens is 1. The average Bonchev–Trinajstić information content (AvgIpc) is 3.23. The number of sulfonamides is 1. The molecule has 2 heterocycles. The van der Waals surface area contributed by atoms with Crippen LogP contribution in [0.5, 0.6) is 0 Å². The highest BCUT2D eigenvalue weighted by Crippen LogP contribution is 2.36. The van der Waals surface area contributed by atoms with Crippen molar-refractivity contribution in [3.63, 3.8) is 0 Å². The van der Waals surface area contributed by atoms with Crippen molar-refractivity contribution in [3.05, 3.63) is 59.1 Å². The molecule has 1 atom stereocenters. The molecule has 1 unspecified atom stereocenters. The number of para-hydroxylation sites is 1. The molecule has 1 fully saturated rings. The third-order valence-corrected chi connectivity index (χ3v) is 7.91. The fourth-order valence-electron chi connectivity index (χ4n) is 3.73. The maximum atomic E-state index is 13.3. The highest BCUT2D eigenvalue weighted by molar-refractivity contribution is 7.89. The Morgan fingerprint density at radius 2 is 1.97 bits per heavy atom. The normalized spacial score (nSPS) is 16.9. The van der Waals surface area contributed by atoms with Gasteiger partial charge in [0.25, 0.3) is 5.91 Å². The van der Waals surface area contributed by atoms with Gasteiger partial charge in [0.15, 0.2) is 0 Å². The Morgan fingerprint density at radius 3 is 2.71 bits per heavy atom. The number of hydrogen-bond donors (Lipinski definition) is 1. The number of carbonyl (C=O) groups is 1. The van der Waals surface area contributed by atoms with Gasteiger partial charge in [-0.1, -0.05) is 12.1 Å². The topological polar surface area (TPSA) is 103 Å². The highest BCUT2D eigenvalue weighted by atomic mass is 32.2. The smallest absolute Gasteiger partial charge is 0.254 e. The van der Waals surface area contributed by atoms with Crippen molar-refractivity contribution in [3.8, 4) is 6.07 Å². The molecule has 31 heavy (non-hydrogen) atoms. The molecule has 0 aliphatic carbocycles. The van der Waals surface area contributed by atoms with Crippen molar-refractivity contribution in [1.29, 1.82) is 5.26 Å². The van der Waals surface area contributed by atoms with Crippen molar-refractivity contribution >= 4 is 37.5 Å². The predicted molar refractivity (Wildman–Crippen MR) is 119 cm³/mol. The summed E-state index contributed by atoms with van der Waals surface area (Å²) in [4.78, 5) is 20.0. The summed E-state index contributed by atoms with van der Waals surface area (Å²) in [5, 5.41) is 9.51. The standard InChI is InChI=1S/C22H22N4O3S2/c23-13-5-14-24-31(28,29)17-11-9-16(10-12-17)22(27)26-15-4-3-7-19(26)21-25-18-6-1-2-8-20(18)30-21/h1-2,6,8-12,19,24H,3-5,7,14-15H2. The number of benzene rings is 2. The number of nitriles is 1. The first kappa shape index (κ1) is 21.4. The van der Waals surface area contributed by atoms with Gasteiger partial charge in [0, 0.05) is 25.1 Å². The van der Waals surface area contributed by atoms with Crippen LogP contribution < -0.4 is 4.72 Å². The van der Waals surface area contributed by atoms with Crippen LogP contribution in [0.25, 0.3) is 10.2 Å². The van der Waals surface area contributed by atoms with Gasteiger partial charge in [-0.25, -0.2) is 18.1 Å². The first-order valence-corrected chi connectivity index (χ1v) is 12.4. The summed E-state index contributed by atoms with van der Waals surface area (Å²) in [5.74, 6) is -0.120. The van der Waals surface area contributed by atoms with Gasteiger partial charge in [-0.15, -0.1) is 11.3 Å². The quantitative estimate of drug-likeness (QED) is 0.570. The second-order valence-corrected chi connectivity index (χ2v) is 10.2. The number of thiazole rings is 1. The average molecular weight is 455 g/mol. The third-order valence-electron chi connectivity index (χ3n) is 5.30. The number of hydrogen-bond acceptors (Lipinski definition) is 6. The second kappa shape index (κ2) is 9.14. The summed E-state index contributed by atoms with van der Waals surface area (Å²) < 4.78 is 28.1. The molecule has 1 N–H and O–H groups in total. The van der Waals surface area contributed by atoms with E-state index in [0.29, 0.717) is 12.1 Å². The number of rotatable bonds is 6. The molecule has 7 nitrogen and oxygen atoms in total. The number of likely N-dealkylation sites (tertiary alicyclic amines) is 1. The van der Waals surface area contributed by atoms with E-state index in [4.69, 9.17) is 10.2 Å². The van der Waals surface area contributed by atoms with E-state index < -0.39 is 10.0 Å². The van der Waals surface area contributed by atoms with E-state index >= 15 is 0 Å². The molecular weight excluding hydrogens is 432 g/mol. The molecule has 0 saturated carbocycles. The molecule has 0 radical (unpaired) electrons. The number of piperidine rings is 1. The molecule has 3 aromatic rings. The Bertz CT molecular complexity index is 1200. The molecule has 1 aliphatic heterocycles. The van der Waals surface area contributed by atoms with Crippen LogP contribution in [0.4, 0.5) is 0 Å². The number of carbonyl (C=O) groups excluding carboxylic acids is 1. The minimum Gasteiger partial charge on any atom is -0.329 e. The molecule has 0 spiro atoms. The van der Waals surface area contributed by atoms with Crippen molar-refractivity contribution in [2.45, 2.75) is 36.6 Å². The van der Waals surface area contributed by atoms with Gasteiger partial charge < -0.3 is 4.90 Å². The van der Waals surface area contributed by atoms with Gasteiger partial charge in [0.2, 0.25) is 10.0 Å². The lowest BCUT2D eigenvalue weighted by Crippen LogP contribution is -2.38. The van der Waals surface area contributed by atoms with E-state index in [9.17, 15) is 13.2 Å². The summed E-state index contributed by atoms with van der Waals surface area (Å²) >= 11 is 1.62. The minimum absolute atomic E-state index is 0.0527. The summed E-state index contributed by atoms with van der Waals surface area (Å²) in [5.41, 5.74) is 1.39.